The number of carbonyl (C=O) groups excluding carboxylic acids is 1. The summed E-state index contributed by atoms with van der Waals surface area (Å²) >= 11 is 12.6. The van der Waals surface area contributed by atoms with Gasteiger partial charge in [-0.25, -0.2) is 5.10 Å². The number of benzene rings is 1. The summed E-state index contributed by atoms with van der Waals surface area (Å²) in [6, 6.07) is 3.30. The fourth-order valence-electron chi connectivity index (χ4n) is 2.49. The van der Waals surface area contributed by atoms with Crippen molar-refractivity contribution in [2.75, 3.05) is 30.8 Å². The van der Waals surface area contributed by atoms with Crippen molar-refractivity contribution in [1.29, 1.82) is 0 Å². The molecule has 0 unspecified atom stereocenters. The molecular formula is C14H16Cl2N6O. The van der Waals surface area contributed by atoms with Gasteiger partial charge in [0.15, 0.2) is 0 Å². The summed E-state index contributed by atoms with van der Waals surface area (Å²) in [4.78, 5) is 18.4. The van der Waals surface area contributed by atoms with Crippen molar-refractivity contribution < 1.29 is 4.79 Å². The number of H-pyrrole nitrogens is 1. The molecule has 1 aliphatic rings. The number of amides is 1. The molecule has 9 heteroatoms. The fraction of sp³-hybridized carbons (Fsp3) is 0.357. The number of halogens is 2. The molecule has 0 spiro atoms. The highest BCUT2D eigenvalue weighted by Crippen LogP contribution is 2.32. The van der Waals surface area contributed by atoms with Crippen molar-refractivity contribution in [2.45, 2.75) is 12.8 Å². The second-order valence-electron chi connectivity index (χ2n) is 5.20. The van der Waals surface area contributed by atoms with E-state index >= 15 is 0 Å². The van der Waals surface area contributed by atoms with Crippen LogP contribution in [0.4, 0.5) is 17.6 Å². The Labute approximate surface area is 143 Å². The van der Waals surface area contributed by atoms with Crippen LogP contribution in [0.5, 0.6) is 0 Å². The van der Waals surface area contributed by atoms with E-state index in [1.54, 1.807) is 24.1 Å². The summed E-state index contributed by atoms with van der Waals surface area (Å²) in [5, 5.41) is 13.1. The number of carbonyl (C=O) groups is 1. The maximum atomic E-state index is 12.5. The van der Waals surface area contributed by atoms with E-state index in [2.05, 4.69) is 25.8 Å². The van der Waals surface area contributed by atoms with E-state index in [9.17, 15) is 4.79 Å². The second kappa shape index (κ2) is 6.64. The van der Waals surface area contributed by atoms with Gasteiger partial charge in [-0.3, -0.25) is 4.79 Å². The molecule has 0 radical (unpaired) electrons. The third-order valence-electron chi connectivity index (χ3n) is 3.62. The zero-order valence-corrected chi connectivity index (χ0v) is 14.0. The predicted molar refractivity (Wildman–Crippen MR) is 90.8 cm³/mol. The Morgan fingerprint density at radius 2 is 1.91 bits per heavy atom. The molecule has 1 saturated heterocycles. The SMILES string of the molecule is CNc1n[nH]c(Nc2cc(Cl)c(C(=O)N3CCCC3)c(Cl)c2)n1. The van der Waals surface area contributed by atoms with Crippen molar-refractivity contribution in [2.24, 2.45) is 0 Å². The van der Waals surface area contributed by atoms with Crippen LogP contribution in [0.25, 0.3) is 0 Å². The number of aromatic amines is 1. The highest BCUT2D eigenvalue weighted by Gasteiger charge is 2.24. The van der Waals surface area contributed by atoms with Gasteiger partial charge < -0.3 is 15.5 Å². The largest absolute Gasteiger partial charge is 0.356 e. The number of hydrogen-bond donors (Lipinski definition) is 3. The van der Waals surface area contributed by atoms with Gasteiger partial charge in [-0.1, -0.05) is 23.2 Å². The van der Waals surface area contributed by atoms with E-state index in [1.807, 2.05) is 0 Å². The Morgan fingerprint density at radius 3 is 2.48 bits per heavy atom. The van der Waals surface area contributed by atoms with Gasteiger partial charge in [-0.05, 0) is 25.0 Å². The van der Waals surface area contributed by atoms with Gasteiger partial charge in [0, 0.05) is 25.8 Å². The molecule has 1 aromatic heterocycles. The van der Waals surface area contributed by atoms with Crippen molar-refractivity contribution in [1.82, 2.24) is 20.1 Å². The summed E-state index contributed by atoms with van der Waals surface area (Å²) in [6.45, 7) is 1.49. The Kier molecular flexibility index (Phi) is 4.58. The minimum absolute atomic E-state index is 0.124. The van der Waals surface area contributed by atoms with Crippen LogP contribution >= 0.6 is 23.2 Å². The maximum absolute atomic E-state index is 12.5. The summed E-state index contributed by atoms with van der Waals surface area (Å²) < 4.78 is 0. The van der Waals surface area contributed by atoms with Crippen molar-refractivity contribution in [3.63, 3.8) is 0 Å². The molecule has 3 N–H and O–H groups in total. The lowest BCUT2D eigenvalue weighted by molar-refractivity contribution is 0.0793. The Bertz CT molecular complexity index is 703. The molecule has 0 bridgehead atoms. The monoisotopic (exact) mass is 354 g/mol. The molecule has 0 aliphatic carbocycles. The third-order valence-corrected chi connectivity index (χ3v) is 4.22. The maximum Gasteiger partial charge on any atom is 0.256 e. The minimum Gasteiger partial charge on any atom is -0.356 e. The molecule has 1 aliphatic heterocycles. The van der Waals surface area contributed by atoms with Crippen LogP contribution < -0.4 is 10.6 Å². The van der Waals surface area contributed by atoms with Gasteiger partial charge in [0.2, 0.25) is 11.9 Å². The van der Waals surface area contributed by atoms with E-state index in [1.165, 1.54) is 0 Å². The second-order valence-corrected chi connectivity index (χ2v) is 6.01. The molecule has 3 rings (SSSR count). The minimum atomic E-state index is -0.124. The molecule has 2 heterocycles. The lowest BCUT2D eigenvalue weighted by Gasteiger charge is -2.17. The number of aromatic nitrogens is 3. The van der Waals surface area contributed by atoms with Gasteiger partial charge in [0.05, 0.1) is 15.6 Å². The number of nitrogens with zero attached hydrogens (tertiary/aromatic N) is 3. The van der Waals surface area contributed by atoms with Crippen LogP contribution in [0.15, 0.2) is 12.1 Å². The fourth-order valence-corrected chi connectivity index (χ4v) is 3.14. The van der Waals surface area contributed by atoms with Crippen molar-refractivity contribution in [3.05, 3.63) is 27.7 Å². The molecule has 122 valence electrons. The van der Waals surface area contributed by atoms with Gasteiger partial charge >= 0.3 is 0 Å². The smallest absolute Gasteiger partial charge is 0.256 e. The van der Waals surface area contributed by atoms with E-state index in [-0.39, 0.29) is 5.91 Å². The molecular weight excluding hydrogens is 339 g/mol. The molecule has 1 aromatic carbocycles. The molecule has 23 heavy (non-hydrogen) atoms. The first kappa shape index (κ1) is 15.9. The lowest BCUT2D eigenvalue weighted by atomic mass is 10.1. The molecule has 0 saturated carbocycles. The zero-order chi connectivity index (χ0) is 16.4. The topological polar surface area (TPSA) is 85.9 Å². The van der Waals surface area contributed by atoms with E-state index in [0.29, 0.717) is 33.2 Å². The number of likely N-dealkylation sites (tertiary alicyclic amines) is 1. The zero-order valence-electron chi connectivity index (χ0n) is 12.5. The molecule has 7 nitrogen and oxygen atoms in total. The first-order valence-electron chi connectivity index (χ1n) is 7.24. The Morgan fingerprint density at radius 1 is 1.26 bits per heavy atom. The number of anilines is 3. The van der Waals surface area contributed by atoms with Crippen LogP contribution in [0.1, 0.15) is 23.2 Å². The highest BCUT2D eigenvalue weighted by molar-refractivity contribution is 6.40. The van der Waals surface area contributed by atoms with Crippen molar-refractivity contribution in [3.8, 4) is 0 Å². The van der Waals surface area contributed by atoms with Crippen LogP contribution in [0.2, 0.25) is 10.0 Å². The quantitative estimate of drug-likeness (QED) is 0.785. The molecule has 0 atom stereocenters. The first-order chi connectivity index (χ1) is 11.1. The van der Waals surface area contributed by atoms with Gasteiger partial charge in [0.1, 0.15) is 0 Å². The lowest BCUT2D eigenvalue weighted by Crippen LogP contribution is -2.28. The normalized spacial score (nSPS) is 14.1. The predicted octanol–water partition coefficient (Wildman–Crippen LogP) is 3.13. The summed E-state index contributed by atoms with van der Waals surface area (Å²) in [7, 11) is 1.72. The average Bonchev–Trinajstić information content (AvgIpc) is 3.17. The molecule has 1 amide bonds. The molecule has 2 aromatic rings. The van der Waals surface area contributed by atoms with Crippen LogP contribution in [0, 0.1) is 0 Å². The van der Waals surface area contributed by atoms with Crippen LogP contribution in [0.3, 0.4) is 0 Å². The highest BCUT2D eigenvalue weighted by atomic mass is 35.5. The summed E-state index contributed by atoms with van der Waals surface area (Å²) in [5.41, 5.74) is 0.964. The number of nitrogens with one attached hydrogen (secondary N) is 3. The van der Waals surface area contributed by atoms with E-state index in [0.717, 1.165) is 25.9 Å². The standard InChI is InChI=1S/C14H16Cl2N6O/c1-17-13-19-14(21-20-13)18-8-6-9(15)11(10(16)7-8)12(23)22-4-2-3-5-22/h6-7H,2-5H2,1H3,(H3,17,18,19,20,21). The average molecular weight is 355 g/mol. The van der Waals surface area contributed by atoms with Crippen molar-refractivity contribution >= 4 is 46.7 Å². The van der Waals surface area contributed by atoms with E-state index in [4.69, 9.17) is 23.2 Å². The van der Waals surface area contributed by atoms with E-state index < -0.39 is 0 Å². The summed E-state index contributed by atoms with van der Waals surface area (Å²) in [6.07, 6.45) is 2.03. The Balaban J connectivity index is 1.83. The van der Waals surface area contributed by atoms with Crippen LogP contribution in [-0.4, -0.2) is 46.1 Å². The number of hydrogen-bond acceptors (Lipinski definition) is 5. The summed E-state index contributed by atoms with van der Waals surface area (Å²) in [5.74, 6) is 0.784. The molecule has 1 fully saturated rings. The van der Waals surface area contributed by atoms with Gasteiger partial charge in [-0.2, -0.15) is 4.98 Å². The third kappa shape index (κ3) is 3.35. The van der Waals surface area contributed by atoms with Gasteiger partial charge in [-0.15, -0.1) is 5.10 Å². The number of rotatable bonds is 4. The first-order valence-corrected chi connectivity index (χ1v) is 7.99. The van der Waals surface area contributed by atoms with Gasteiger partial charge in [0.25, 0.3) is 5.91 Å². The Hall–Kier alpha value is -1.99. The van der Waals surface area contributed by atoms with Crippen LogP contribution in [-0.2, 0) is 0 Å².